The Balaban J connectivity index is 1.34. The molecule has 2 unspecified atom stereocenters. The van der Waals surface area contributed by atoms with Crippen LogP contribution in [0, 0.1) is 29.5 Å². The van der Waals surface area contributed by atoms with Gasteiger partial charge in [0, 0.05) is 29.1 Å². The summed E-state index contributed by atoms with van der Waals surface area (Å²) in [6, 6.07) is 4.00. The van der Waals surface area contributed by atoms with Gasteiger partial charge < -0.3 is 9.64 Å². The fourth-order valence-electron chi connectivity index (χ4n) is 6.54. The van der Waals surface area contributed by atoms with Gasteiger partial charge in [-0.1, -0.05) is 17.7 Å². The number of carbonyl (C=O) groups excluding carboxylic acids is 2. The van der Waals surface area contributed by atoms with E-state index in [9.17, 15) is 27.2 Å². The van der Waals surface area contributed by atoms with Crippen LogP contribution in [0.2, 0.25) is 5.02 Å². The molecule has 2 bridgehead atoms. The summed E-state index contributed by atoms with van der Waals surface area (Å²) in [5.74, 6) is -0.376. The fourth-order valence-corrected chi connectivity index (χ4v) is 6.70. The lowest BCUT2D eigenvalue weighted by atomic mass is 9.71. The summed E-state index contributed by atoms with van der Waals surface area (Å²) in [4.78, 5) is 27.0. The number of nitrogens with zero attached hydrogens (tertiary/aromatic N) is 3. The van der Waals surface area contributed by atoms with Crippen molar-refractivity contribution in [3.63, 3.8) is 0 Å². The molecule has 1 aliphatic heterocycles. The Kier molecular flexibility index (Phi) is 6.98. The molecule has 2 saturated carbocycles. The maximum Gasteiger partial charge on any atom is 0.435 e. The second-order valence-electron chi connectivity index (χ2n) is 10.4. The van der Waals surface area contributed by atoms with Crippen LogP contribution in [-0.4, -0.2) is 40.2 Å². The SMILES string of the molecule is COC(=O)C1CC2CCC(C1)C2CC(=O)N1CCc2c(C(F)(F)F)nn(Cc3ccc(Cl)cc3F)c2C1. The average Bonchev–Trinajstić information content (AvgIpc) is 3.32. The van der Waals surface area contributed by atoms with Crippen molar-refractivity contribution in [3.8, 4) is 0 Å². The number of benzene rings is 1. The van der Waals surface area contributed by atoms with Gasteiger partial charge in [0.05, 0.1) is 31.8 Å². The number of esters is 1. The number of alkyl halides is 3. The van der Waals surface area contributed by atoms with E-state index in [2.05, 4.69) is 5.10 Å². The van der Waals surface area contributed by atoms with Crippen LogP contribution in [-0.2, 0) is 40.0 Å². The van der Waals surface area contributed by atoms with E-state index in [1.165, 1.54) is 19.2 Å². The van der Waals surface area contributed by atoms with Crippen molar-refractivity contribution in [1.82, 2.24) is 14.7 Å². The fraction of sp³-hybridized carbons (Fsp3) is 0.577. The van der Waals surface area contributed by atoms with Gasteiger partial charge in [0.25, 0.3) is 0 Å². The lowest BCUT2D eigenvalue weighted by molar-refractivity contribution is -0.148. The molecule has 5 rings (SSSR count). The number of hydrogen-bond acceptors (Lipinski definition) is 4. The zero-order valence-electron chi connectivity index (χ0n) is 20.4. The molecule has 2 aliphatic carbocycles. The van der Waals surface area contributed by atoms with Crippen molar-refractivity contribution >= 4 is 23.5 Å². The highest BCUT2D eigenvalue weighted by Gasteiger charge is 2.46. The lowest BCUT2D eigenvalue weighted by Crippen LogP contribution is -2.40. The highest BCUT2D eigenvalue weighted by molar-refractivity contribution is 6.30. The second-order valence-corrected chi connectivity index (χ2v) is 10.8. The topological polar surface area (TPSA) is 64.4 Å². The summed E-state index contributed by atoms with van der Waals surface area (Å²) in [5, 5.41) is 3.99. The Hall–Kier alpha value is -2.62. The minimum absolute atomic E-state index is 0.0146. The van der Waals surface area contributed by atoms with E-state index in [1.54, 1.807) is 4.90 Å². The Morgan fingerprint density at radius 1 is 1.19 bits per heavy atom. The maximum atomic E-state index is 14.4. The van der Waals surface area contributed by atoms with Crippen molar-refractivity contribution in [2.75, 3.05) is 13.7 Å². The van der Waals surface area contributed by atoms with Gasteiger partial charge in [0.15, 0.2) is 5.69 Å². The molecule has 0 radical (unpaired) electrons. The minimum atomic E-state index is -4.66. The molecule has 37 heavy (non-hydrogen) atoms. The molecular formula is C26H28ClF4N3O3. The summed E-state index contributed by atoms with van der Waals surface area (Å²) in [6.07, 6.45) is -0.967. The van der Waals surface area contributed by atoms with Crippen molar-refractivity contribution in [3.05, 3.63) is 51.6 Å². The maximum absolute atomic E-state index is 14.4. The predicted octanol–water partition coefficient (Wildman–Crippen LogP) is 5.24. The molecule has 2 aromatic rings. The molecule has 2 atom stereocenters. The number of hydrogen-bond donors (Lipinski definition) is 0. The van der Waals surface area contributed by atoms with E-state index in [1.807, 2.05) is 0 Å². The number of carbonyl (C=O) groups is 2. The standard InChI is InChI=1S/C26H28ClF4N3O3/c1-37-25(36)17-8-14-2-3-15(9-17)20(14)11-23(35)33-7-6-19-22(13-33)34(32-24(19)26(29,30)31)12-16-4-5-18(27)10-21(16)28/h4-5,10,14-15,17,20H,2-3,6-9,11-13H2,1H3. The molecule has 1 aromatic heterocycles. The number of aromatic nitrogens is 2. The summed E-state index contributed by atoms with van der Waals surface area (Å²) < 4.78 is 61.7. The smallest absolute Gasteiger partial charge is 0.435 e. The van der Waals surface area contributed by atoms with Crippen LogP contribution in [0.4, 0.5) is 17.6 Å². The third-order valence-electron chi connectivity index (χ3n) is 8.33. The first kappa shape index (κ1) is 26.0. The molecule has 0 spiro atoms. The molecule has 3 aliphatic rings. The molecule has 1 aromatic carbocycles. The molecule has 2 heterocycles. The van der Waals surface area contributed by atoms with E-state index >= 15 is 0 Å². The number of methoxy groups -OCH3 is 1. The minimum Gasteiger partial charge on any atom is -0.469 e. The molecule has 6 nitrogen and oxygen atoms in total. The largest absolute Gasteiger partial charge is 0.469 e. The number of halogens is 5. The molecule has 200 valence electrons. The van der Waals surface area contributed by atoms with Gasteiger partial charge >= 0.3 is 12.1 Å². The van der Waals surface area contributed by atoms with Crippen molar-refractivity contribution in [1.29, 1.82) is 0 Å². The van der Waals surface area contributed by atoms with Gasteiger partial charge in [-0.15, -0.1) is 0 Å². The molecule has 0 saturated heterocycles. The summed E-state index contributed by atoms with van der Waals surface area (Å²) in [6.45, 7) is -0.0484. The third kappa shape index (κ3) is 5.09. The van der Waals surface area contributed by atoms with Gasteiger partial charge in [0.1, 0.15) is 5.82 Å². The zero-order chi connectivity index (χ0) is 26.5. The Labute approximate surface area is 216 Å². The van der Waals surface area contributed by atoms with Crippen LogP contribution < -0.4 is 0 Å². The third-order valence-corrected chi connectivity index (χ3v) is 8.57. The highest BCUT2D eigenvalue weighted by Crippen LogP contribution is 2.51. The predicted molar refractivity (Wildman–Crippen MR) is 126 cm³/mol. The van der Waals surface area contributed by atoms with E-state index in [-0.39, 0.29) is 83.4 Å². The first-order valence-electron chi connectivity index (χ1n) is 12.5. The molecular weight excluding hydrogens is 514 g/mol. The molecule has 1 amide bonds. The van der Waals surface area contributed by atoms with E-state index < -0.39 is 17.7 Å². The van der Waals surface area contributed by atoms with Crippen molar-refractivity contribution in [2.45, 2.75) is 57.8 Å². The Morgan fingerprint density at radius 3 is 2.51 bits per heavy atom. The highest BCUT2D eigenvalue weighted by atomic mass is 35.5. The van der Waals surface area contributed by atoms with Gasteiger partial charge in [-0.2, -0.15) is 18.3 Å². The molecule has 2 fully saturated rings. The molecule has 0 N–H and O–H groups in total. The van der Waals surface area contributed by atoms with E-state index in [4.69, 9.17) is 16.3 Å². The number of rotatable bonds is 5. The van der Waals surface area contributed by atoms with Gasteiger partial charge in [-0.3, -0.25) is 14.3 Å². The first-order valence-corrected chi connectivity index (χ1v) is 12.9. The van der Waals surface area contributed by atoms with Gasteiger partial charge in [0.2, 0.25) is 5.91 Å². The Bertz CT molecular complexity index is 1200. The normalized spacial score (nSPS) is 25.2. The van der Waals surface area contributed by atoms with Gasteiger partial charge in [-0.05, 0) is 62.0 Å². The summed E-state index contributed by atoms with van der Waals surface area (Å²) in [7, 11) is 1.39. The van der Waals surface area contributed by atoms with Crippen LogP contribution in [0.5, 0.6) is 0 Å². The summed E-state index contributed by atoms with van der Waals surface area (Å²) in [5.41, 5.74) is -0.489. The van der Waals surface area contributed by atoms with E-state index in [0.717, 1.165) is 23.6 Å². The quantitative estimate of drug-likeness (QED) is 0.383. The zero-order valence-corrected chi connectivity index (χ0v) is 21.1. The summed E-state index contributed by atoms with van der Waals surface area (Å²) >= 11 is 5.81. The van der Waals surface area contributed by atoms with Gasteiger partial charge in [-0.25, -0.2) is 4.39 Å². The van der Waals surface area contributed by atoms with Crippen LogP contribution >= 0.6 is 11.6 Å². The van der Waals surface area contributed by atoms with Crippen molar-refractivity contribution in [2.24, 2.45) is 23.7 Å². The monoisotopic (exact) mass is 541 g/mol. The Morgan fingerprint density at radius 2 is 1.89 bits per heavy atom. The van der Waals surface area contributed by atoms with E-state index in [0.29, 0.717) is 19.3 Å². The average molecular weight is 542 g/mol. The number of ether oxygens (including phenoxy) is 1. The lowest BCUT2D eigenvalue weighted by Gasteiger charge is -2.36. The van der Waals surface area contributed by atoms with Crippen LogP contribution in [0.25, 0.3) is 0 Å². The number of amides is 1. The van der Waals surface area contributed by atoms with Crippen LogP contribution in [0.15, 0.2) is 18.2 Å². The second kappa shape index (κ2) is 9.93. The van der Waals surface area contributed by atoms with Crippen molar-refractivity contribution < 1.29 is 31.9 Å². The van der Waals surface area contributed by atoms with Crippen LogP contribution in [0.3, 0.4) is 0 Å². The van der Waals surface area contributed by atoms with Crippen LogP contribution in [0.1, 0.15) is 54.6 Å². The number of fused-ring (bicyclic) bond motifs is 3. The molecule has 11 heteroatoms. The first-order chi connectivity index (χ1) is 17.5.